The highest BCUT2D eigenvalue weighted by atomic mass is 16.6. The highest BCUT2D eigenvalue weighted by molar-refractivity contribution is 6.00. The van der Waals surface area contributed by atoms with Gasteiger partial charge in [0.1, 0.15) is 0 Å². The molecule has 1 heterocycles. The number of nitrogens with zero attached hydrogens (tertiary/aromatic N) is 1. The molecular weight excluding hydrogens is 400 g/mol. The molecule has 2 rings (SSSR count). The Kier molecular flexibility index (Phi) is 8.78. The van der Waals surface area contributed by atoms with Gasteiger partial charge in [0.2, 0.25) is 0 Å². The van der Waals surface area contributed by atoms with Crippen molar-refractivity contribution in [2.75, 3.05) is 13.2 Å². The minimum atomic E-state index is -0.967. The van der Waals surface area contributed by atoms with Crippen LogP contribution in [0.5, 0.6) is 0 Å². The molecule has 31 heavy (non-hydrogen) atoms. The SMILES string of the molecule is CCCCOC(=O)C1=C(C)NC(C)=C(C(=O)OCCCC)C1c1ccccc1[N+](=O)[O-]. The lowest BCUT2D eigenvalue weighted by Crippen LogP contribution is -2.33. The molecule has 0 saturated carbocycles. The fourth-order valence-electron chi connectivity index (χ4n) is 3.52. The predicted molar refractivity (Wildman–Crippen MR) is 116 cm³/mol. The molecule has 0 bridgehead atoms. The molecule has 0 atom stereocenters. The summed E-state index contributed by atoms with van der Waals surface area (Å²) in [7, 11) is 0. The first-order valence-electron chi connectivity index (χ1n) is 10.6. The van der Waals surface area contributed by atoms with E-state index in [9.17, 15) is 19.7 Å². The minimum absolute atomic E-state index is 0.173. The number of dihydropyridines is 1. The van der Waals surface area contributed by atoms with Gasteiger partial charge in [-0.2, -0.15) is 0 Å². The maximum atomic E-state index is 13.0. The van der Waals surface area contributed by atoms with Crippen molar-refractivity contribution in [3.05, 3.63) is 62.5 Å². The second-order valence-corrected chi connectivity index (χ2v) is 7.43. The second-order valence-electron chi connectivity index (χ2n) is 7.43. The lowest BCUT2D eigenvalue weighted by Gasteiger charge is -2.30. The van der Waals surface area contributed by atoms with Crippen molar-refractivity contribution in [3.63, 3.8) is 0 Å². The molecule has 1 N–H and O–H groups in total. The van der Waals surface area contributed by atoms with E-state index in [-0.39, 0.29) is 35.6 Å². The number of allylic oxidation sites excluding steroid dienone is 2. The molecule has 0 radical (unpaired) electrons. The molecule has 8 nitrogen and oxygen atoms in total. The third-order valence-electron chi connectivity index (χ3n) is 5.11. The Balaban J connectivity index is 2.59. The van der Waals surface area contributed by atoms with Gasteiger partial charge in [-0.15, -0.1) is 0 Å². The minimum Gasteiger partial charge on any atom is -0.462 e. The number of ether oxygens (including phenoxy) is 2. The van der Waals surface area contributed by atoms with Gasteiger partial charge in [0.25, 0.3) is 5.69 Å². The Morgan fingerprint density at radius 1 is 0.968 bits per heavy atom. The zero-order valence-electron chi connectivity index (χ0n) is 18.5. The molecule has 0 fully saturated rings. The van der Waals surface area contributed by atoms with Gasteiger partial charge in [0.05, 0.1) is 35.2 Å². The number of carbonyl (C=O) groups is 2. The lowest BCUT2D eigenvalue weighted by molar-refractivity contribution is -0.385. The highest BCUT2D eigenvalue weighted by Crippen LogP contribution is 2.42. The summed E-state index contributed by atoms with van der Waals surface area (Å²) in [6.07, 6.45) is 3.10. The number of hydrogen-bond donors (Lipinski definition) is 1. The average Bonchev–Trinajstić information content (AvgIpc) is 2.73. The highest BCUT2D eigenvalue weighted by Gasteiger charge is 2.40. The number of nitro benzene ring substituents is 1. The fraction of sp³-hybridized carbons (Fsp3) is 0.478. The first-order chi connectivity index (χ1) is 14.8. The van der Waals surface area contributed by atoms with E-state index >= 15 is 0 Å². The number of benzene rings is 1. The van der Waals surface area contributed by atoms with Crippen LogP contribution in [-0.4, -0.2) is 30.1 Å². The molecule has 0 saturated heterocycles. The van der Waals surface area contributed by atoms with Gasteiger partial charge in [-0.3, -0.25) is 10.1 Å². The van der Waals surface area contributed by atoms with Gasteiger partial charge < -0.3 is 14.8 Å². The molecular formula is C23H30N2O6. The third kappa shape index (κ3) is 5.71. The smallest absolute Gasteiger partial charge is 0.336 e. The third-order valence-corrected chi connectivity index (χ3v) is 5.11. The van der Waals surface area contributed by atoms with Crippen molar-refractivity contribution in [3.8, 4) is 0 Å². The van der Waals surface area contributed by atoms with E-state index in [2.05, 4.69) is 5.32 Å². The Hall–Kier alpha value is -3.16. The van der Waals surface area contributed by atoms with Crippen LogP contribution < -0.4 is 5.32 Å². The summed E-state index contributed by atoms with van der Waals surface area (Å²) in [5, 5.41) is 14.8. The van der Waals surface area contributed by atoms with Gasteiger partial charge in [-0.25, -0.2) is 9.59 Å². The molecule has 0 aliphatic carbocycles. The van der Waals surface area contributed by atoms with Crippen LogP contribution in [0.3, 0.4) is 0 Å². The molecule has 1 aliphatic heterocycles. The van der Waals surface area contributed by atoms with E-state index < -0.39 is 22.8 Å². The molecule has 1 aromatic carbocycles. The van der Waals surface area contributed by atoms with E-state index in [1.54, 1.807) is 32.0 Å². The molecule has 8 heteroatoms. The number of hydrogen-bond acceptors (Lipinski definition) is 7. The van der Waals surface area contributed by atoms with Crippen LogP contribution in [0.15, 0.2) is 46.8 Å². The molecule has 1 aromatic rings. The largest absolute Gasteiger partial charge is 0.462 e. The number of rotatable bonds is 10. The zero-order valence-corrected chi connectivity index (χ0v) is 18.5. The van der Waals surface area contributed by atoms with E-state index in [4.69, 9.17) is 9.47 Å². The zero-order chi connectivity index (χ0) is 23.0. The maximum absolute atomic E-state index is 13.0. The lowest BCUT2D eigenvalue weighted by atomic mass is 9.79. The van der Waals surface area contributed by atoms with Crippen molar-refractivity contribution in [2.24, 2.45) is 0 Å². The number of carbonyl (C=O) groups excluding carboxylic acids is 2. The van der Waals surface area contributed by atoms with Crippen molar-refractivity contribution >= 4 is 17.6 Å². The summed E-state index contributed by atoms with van der Waals surface area (Å²) >= 11 is 0. The van der Waals surface area contributed by atoms with E-state index in [0.29, 0.717) is 24.2 Å². The summed E-state index contributed by atoms with van der Waals surface area (Å²) in [4.78, 5) is 37.3. The van der Waals surface area contributed by atoms with Crippen molar-refractivity contribution < 1.29 is 24.0 Å². The van der Waals surface area contributed by atoms with Crippen molar-refractivity contribution in [1.29, 1.82) is 0 Å². The predicted octanol–water partition coefficient (Wildman–Crippen LogP) is 4.52. The van der Waals surface area contributed by atoms with Crippen LogP contribution in [-0.2, 0) is 19.1 Å². The maximum Gasteiger partial charge on any atom is 0.336 e. The molecule has 168 valence electrons. The van der Waals surface area contributed by atoms with E-state index in [1.807, 2.05) is 13.8 Å². The summed E-state index contributed by atoms with van der Waals surface area (Å²) in [5.41, 5.74) is 1.42. The van der Waals surface area contributed by atoms with Crippen LogP contribution >= 0.6 is 0 Å². The molecule has 0 amide bonds. The van der Waals surface area contributed by atoms with Crippen molar-refractivity contribution in [1.82, 2.24) is 5.32 Å². The molecule has 0 aromatic heterocycles. The molecule has 0 spiro atoms. The van der Waals surface area contributed by atoms with E-state index in [0.717, 1.165) is 12.8 Å². The number of para-hydroxylation sites is 1. The number of nitro groups is 1. The Labute approximate surface area is 182 Å². The number of esters is 2. The Morgan fingerprint density at radius 2 is 1.45 bits per heavy atom. The monoisotopic (exact) mass is 430 g/mol. The van der Waals surface area contributed by atoms with Crippen LogP contribution in [0.25, 0.3) is 0 Å². The Bertz CT molecular complexity index is 859. The van der Waals surface area contributed by atoms with Gasteiger partial charge in [-0.05, 0) is 26.7 Å². The van der Waals surface area contributed by atoms with E-state index in [1.165, 1.54) is 6.07 Å². The van der Waals surface area contributed by atoms with Crippen molar-refractivity contribution in [2.45, 2.75) is 59.3 Å². The van der Waals surface area contributed by atoms with Gasteiger partial charge in [0, 0.05) is 23.0 Å². The summed E-state index contributed by atoms with van der Waals surface area (Å²) in [6.45, 7) is 7.81. The first kappa shape index (κ1) is 24.1. The van der Waals surface area contributed by atoms with Crippen LogP contribution in [0.1, 0.15) is 64.9 Å². The average molecular weight is 431 g/mol. The normalized spacial score (nSPS) is 14.3. The summed E-state index contributed by atoms with van der Waals surface area (Å²) in [5.74, 6) is -2.17. The van der Waals surface area contributed by atoms with Gasteiger partial charge in [0.15, 0.2) is 0 Å². The van der Waals surface area contributed by atoms with Gasteiger partial charge in [-0.1, -0.05) is 44.9 Å². The molecule has 0 unspecified atom stereocenters. The Morgan fingerprint density at radius 3 is 1.90 bits per heavy atom. The first-order valence-corrected chi connectivity index (χ1v) is 10.6. The summed E-state index contributed by atoms with van der Waals surface area (Å²) < 4.78 is 10.8. The topological polar surface area (TPSA) is 108 Å². The fourth-order valence-corrected chi connectivity index (χ4v) is 3.52. The van der Waals surface area contributed by atoms with Crippen LogP contribution in [0, 0.1) is 10.1 Å². The quantitative estimate of drug-likeness (QED) is 0.252. The number of unbranched alkanes of at least 4 members (excludes halogenated alkanes) is 2. The van der Waals surface area contributed by atoms with Gasteiger partial charge >= 0.3 is 11.9 Å². The number of nitrogens with one attached hydrogen (secondary N) is 1. The van der Waals surface area contributed by atoms with Crippen LogP contribution in [0.2, 0.25) is 0 Å². The molecule has 1 aliphatic rings. The second kappa shape index (κ2) is 11.3. The standard InChI is InChI=1S/C23H30N2O6/c1-5-7-13-30-22(26)19-15(3)24-16(4)20(23(27)31-14-8-6-2)21(19)17-11-9-10-12-18(17)25(28)29/h9-12,21,24H,5-8,13-14H2,1-4H3. The summed E-state index contributed by atoms with van der Waals surface area (Å²) in [6, 6.07) is 6.12. The van der Waals surface area contributed by atoms with Crippen LogP contribution in [0.4, 0.5) is 5.69 Å².